The Bertz CT molecular complexity index is 798. The van der Waals surface area contributed by atoms with Crippen LogP contribution in [0, 0.1) is 11.3 Å². The van der Waals surface area contributed by atoms with Gasteiger partial charge >= 0.3 is 5.97 Å². The van der Waals surface area contributed by atoms with E-state index in [0.29, 0.717) is 9.75 Å². The van der Waals surface area contributed by atoms with Crippen molar-refractivity contribution in [2.75, 3.05) is 5.32 Å². The Morgan fingerprint density at radius 1 is 1.27 bits per heavy atom. The second-order valence-corrected chi connectivity index (χ2v) is 6.40. The van der Waals surface area contributed by atoms with Crippen molar-refractivity contribution < 1.29 is 19.5 Å². The van der Waals surface area contributed by atoms with E-state index in [0.717, 1.165) is 16.2 Å². The molecule has 0 unspecified atom stereocenters. The van der Waals surface area contributed by atoms with Crippen LogP contribution in [0.25, 0.3) is 9.75 Å². The second-order valence-electron chi connectivity index (χ2n) is 4.26. The summed E-state index contributed by atoms with van der Waals surface area (Å²) in [4.78, 5) is 36.0. The molecular weight excluding hydrogens is 324 g/mol. The third kappa shape index (κ3) is 3.39. The van der Waals surface area contributed by atoms with Crippen LogP contribution >= 0.6 is 22.7 Å². The summed E-state index contributed by atoms with van der Waals surface area (Å²) in [5, 5.41) is 20.3. The monoisotopic (exact) mass is 334 g/mol. The number of thiophene rings is 2. The number of carboxylic acids is 1. The van der Waals surface area contributed by atoms with Gasteiger partial charge in [-0.2, -0.15) is 5.26 Å². The molecule has 6 nitrogen and oxygen atoms in total. The minimum absolute atomic E-state index is 0.0379. The summed E-state index contributed by atoms with van der Waals surface area (Å²) >= 11 is 2.36. The van der Waals surface area contributed by atoms with Gasteiger partial charge in [0.05, 0.1) is 16.5 Å². The Kier molecular flexibility index (Phi) is 4.70. The SMILES string of the molecule is CC(=O)c1ccc(-c2cc(C(=O)O)c(NC(=O)CC#N)s2)s1. The van der Waals surface area contributed by atoms with Crippen LogP contribution in [0.2, 0.25) is 0 Å². The Morgan fingerprint density at radius 2 is 2.00 bits per heavy atom. The topological polar surface area (TPSA) is 107 Å². The predicted octanol–water partition coefficient (Wildman–Crippen LogP) is 3.23. The minimum Gasteiger partial charge on any atom is -0.478 e. The van der Waals surface area contributed by atoms with E-state index in [1.165, 1.54) is 24.3 Å². The summed E-state index contributed by atoms with van der Waals surface area (Å²) < 4.78 is 0. The smallest absolute Gasteiger partial charge is 0.338 e. The first-order valence-electron chi connectivity index (χ1n) is 6.07. The molecule has 2 rings (SSSR count). The Hall–Kier alpha value is -2.50. The van der Waals surface area contributed by atoms with Crippen molar-refractivity contribution in [2.45, 2.75) is 13.3 Å². The number of rotatable bonds is 5. The van der Waals surface area contributed by atoms with Crippen molar-refractivity contribution in [1.82, 2.24) is 0 Å². The summed E-state index contributed by atoms with van der Waals surface area (Å²) in [5.41, 5.74) is -0.0379. The van der Waals surface area contributed by atoms with Gasteiger partial charge in [-0.3, -0.25) is 9.59 Å². The highest BCUT2D eigenvalue weighted by Crippen LogP contribution is 2.38. The molecular formula is C14H10N2O4S2. The number of nitriles is 1. The molecule has 8 heteroatoms. The van der Waals surface area contributed by atoms with Gasteiger partial charge in [-0.15, -0.1) is 22.7 Å². The molecule has 0 saturated heterocycles. The molecule has 0 saturated carbocycles. The van der Waals surface area contributed by atoms with Gasteiger partial charge < -0.3 is 10.4 Å². The lowest BCUT2D eigenvalue weighted by Gasteiger charge is -2.00. The van der Waals surface area contributed by atoms with Gasteiger partial charge in [0.15, 0.2) is 5.78 Å². The summed E-state index contributed by atoms with van der Waals surface area (Å²) in [5.74, 6) is -1.79. The molecule has 0 atom stereocenters. The molecule has 0 bridgehead atoms. The molecule has 0 aliphatic rings. The van der Waals surface area contributed by atoms with Crippen LogP contribution < -0.4 is 5.32 Å². The number of Topliss-reactive ketones (excluding diaryl/α,β-unsaturated/α-hetero) is 1. The summed E-state index contributed by atoms with van der Waals surface area (Å²) in [6, 6.07) is 6.56. The maximum absolute atomic E-state index is 11.5. The third-order valence-corrected chi connectivity index (χ3v) is 5.08. The molecule has 2 aromatic rings. The van der Waals surface area contributed by atoms with E-state index in [9.17, 15) is 19.5 Å². The van der Waals surface area contributed by atoms with Gasteiger partial charge in [-0.25, -0.2) is 4.79 Å². The predicted molar refractivity (Wildman–Crippen MR) is 83.5 cm³/mol. The Labute approximate surface area is 133 Å². The number of nitrogens with one attached hydrogen (secondary N) is 1. The fraction of sp³-hybridized carbons (Fsp3) is 0.143. The molecule has 0 fully saturated rings. The van der Waals surface area contributed by atoms with E-state index in [1.54, 1.807) is 18.2 Å². The lowest BCUT2D eigenvalue weighted by molar-refractivity contribution is -0.115. The van der Waals surface area contributed by atoms with Crippen LogP contribution in [0.3, 0.4) is 0 Å². The molecule has 22 heavy (non-hydrogen) atoms. The van der Waals surface area contributed by atoms with E-state index >= 15 is 0 Å². The van der Waals surface area contributed by atoms with Crippen molar-refractivity contribution in [3.8, 4) is 15.8 Å². The first kappa shape index (κ1) is 15.9. The maximum Gasteiger partial charge on any atom is 0.338 e. The molecule has 0 aliphatic carbocycles. The zero-order valence-corrected chi connectivity index (χ0v) is 13.0. The molecule has 1 amide bonds. The highest BCUT2D eigenvalue weighted by molar-refractivity contribution is 7.25. The highest BCUT2D eigenvalue weighted by Gasteiger charge is 2.19. The lowest BCUT2D eigenvalue weighted by atomic mass is 10.2. The molecule has 0 spiro atoms. The number of carboxylic acid groups (broad SMARTS) is 1. The second kappa shape index (κ2) is 6.51. The number of hydrogen-bond donors (Lipinski definition) is 2. The fourth-order valence-corrected chi connectivity index (χ4v) is 3.72. The molecule has 112 valence electrons. The van der Waals surface area contributed by atoms with Gasteiger partial charge in [0.1, 0.15) is 11.4 Å². The van der Waals surface area contributed by atoms with E-state index in [1.807, 2.05) is 0 Å². The number of aromatic carboxylic acids is 1. The molecule has 0 aliphatic heterocycles. The Morgan fingerprint density at radius 3 is 2.55 bits per heavy atom. The van der Waals surface area contributed by atoms with Crippen LogP contribution in [0.15, 0.2) is 18.2 Å². The van der Waals surface area contributed by atoms with Gasteiger partial charge in [0.2, 0.25) is 5.91 Å². The van der Waals surface area contributed by atoms with Gasteiger partial charge in [0, 0.05) is 9.75 Å². The van der Waals surface area contributed by atoms with Crippen molar-refractivity contribution in [3.63, 3.8) is 0 Å². The number of nitrogens with zero attached hydrogens (tertiary/aromatic N) is 1. The number of carbonyl (C=O) groups excluding carboxylic acids is 2. The summed E-state index contributed by atoms with van der Waals surface area (Å²) in [6.45, 7) is 1.46. The average molecular weight is 334 g/mol. The van der Waals surface area contributed by atoms with Gasteiger partial charge in [0.25, 0.3) is 0 Å². The standard InChI is InChI=1S/C14H10N2O4S2/c1-7(17)9-2-3-10(21-9)11-6-8(14(19)20)13(22-11)16-12(18)4-5-15/h2-3,6H,4H2,1H3,(H,16,18)(H,19,20). The van der Waals surface area contributed by atoms with Crippen molar-refractivity contribution >= 4 is 45.3 Å². The number of hydrogen-bond acceptors (Lipinski definition) is 6. The normalized spacial score (nSPS) is 10.0. The quantitative estimate of drug-likeness (QED) is 0.816. The van der Waals surface area contributed by atoms with E-state index in [4.69, 9.17) is 5.26 Å². The first-order chi connectivity index (χ1) is 10.4. The largest absolute Gasteiger partial charge is 0.478 e. The molecule has 0 aromatic carbocycles. The van der Waals surface area contributed by atoms with Crippen LogP contribution in [0.1, 0.15) is 33.4 Å². The molecule has 2 N–H and O–H groups in total. The van der Waals surface area contributed by atoms with E-state index in [-0.39, 0.29) is 22.8 Å². The molecule has 0 radical (unpaired) electrons. The van der Waals surface area contributed by atoms with Gasteiger partial charge in [-0.05, 0) is 25.1 Å². The highest BCUT2D eigenvalue weighted by atomic mass is 32.1. The average Bonchev–Trinajstić information content (AvgIpc) is 3.04. The summed E-state index contributed by atoms with van der Waals surface area (Å²) in [7, 11) is 0. The van der Waals surface area contributed by atoms with Crippen LogP contribution in [-0.2, 0) is 4.79 Å². The zero-order chi connectivity index (χ0) is 16.3. The van der Waals surface area contributed by atoms with E-state index in [2.05, 4.69) is 5.32 Å². The van der Waals surface area contributed by atoms with Crippen molar-refractivity contribution in [3.05, 3.63) is 28.6 Å². The zero-order valence-electron chi connectivity index (χ0n) is 11.4. The van der Waals surface area contributed by atoms with E-state index < -0.39 is 11.9 Å². The van der Waals surface area contributed by atoms with Crippen LogP contribution in [0.5, 0.6) is 0 Å². The number of amides is 1. The van der Waals surface area contributed by atoms with Gasteiger partial charge in [-0.1, -0.05) is 0 Å². The fourth-order valence-electron chi connectivity index (χ4n) is 1.67. The van der Waals surface area contributed by atoms with Crippen LogP contribution in [0.4, 0.5) is 5.00 Å². The Balaban J connectivity index is 2.37. The molecule has 2 aromatic heterocycles. The van der Waals surface area contributed by atoms with Crippen molar-refractivity contribution in [2.24, 2.45) is 0 Å². The lowest BCUT2D eigenvalue weighted by Crippen LogP contribution is -2.11. The maximum atomic E-state index is 11.5. The number of anilines is 1. The van der Waals surface area contributed by atoms with Crippen LogP contribution in [-0.4, -0.2) is 22.8 Å². The van der Waals surface area contributed by atoms with Crippen molar-refractivity contribution in [1.29, 1.82) is 5.26 Å². The minimum atomic E-state index is -1.17. The summed E-state index contributed by atoms with van der Waals surface area (Å²) in [6.07, 6.45) is -0.347. The number of carbonyl (C=O) groups is 3. The first-order valence-corrected chi connectivity index (χ1v) is 7.70. The number of ketones is 1. The molecule has 2 heterocycles. The third-order valence-electron chi connectivity index (χ3n) is 2.65.